The zero-order valence-electron chi connectivity index (χ0n) is 12.8. The first-order valence-corrected chi connectivity index (χ1v) is 8.83. The van der Waals surface area contributed by atoms with E-state index in [1.807, 2.05) is 23.1 Å². The molecule has 3 heterocycles. The van der Waals surface area contributed by atoms with Crippen molar-refractivity contribution in [3.63, 3.8) is 0 Å². The lowest BCUT2D eigenvalue weighted by Gasteiger charge is -2.38. The van der Waals surface area contributed by atoms with E-state index < -0.39 is 6.10 Å². The molecule has 2 atom stereocenters. The van der Waals surface area contributed by atoms with Crippen LogP contribution in [0.4, 0.5) is 0 Å². The van der Waals surface area contributed by atoms with Gasteiger partial charge < -0.3 is 14.4 Å². The molecule has 0 N–H and O–H groups in total. The van der Waals surface area contributed by atoms with Gasteiger partial charge in [-0.2, -0.15) is 0 Å². The highest BCUT2D eigenvalue weighted by atomic mass is 32.1. The lowest BCUT2D eigenvalue weighted by molar-refractivity contribution is -0.160. The van der Waals surface area contributed by atoms with Crippen molar-refractivity contribution in [2.45, 2.75) is 18.6 Å². The summed E-state index contributed by atoms with van der Waals surface area (Å²) >= 11 is 1.78. The molecule has 0 unspecified atom stereocenters. The van der Waals surface area contributed by atoms with Crippen LogP contribution < -0.4 is 0 Å². The number of thiophene rings is 1. The van der Waals surface area contributed by atoms with Gasteiger partial charge in [0, 0.05) is 11.4 Å². The average molecular weight is 329 g/mol. The summed E-state index contributed by atoms with van der Waals surface area (Å²) in [6, 6.07) is 12.4. The minimum absolute atomic E-state index is 0.0239. The monoisotopic (exact) mass is 329 g/mol. The van der Waals surface area contributed by atoms with Gasteiger partial charge in [0.1, 0.15) is 0 Å². The maximum absolute atomic E-state index is 13.0. The second kappa shape index (κ2) is 6.43. The number of hydrogen-bond acceptors (Lipinski definition) is 4. The van der Waals surface area contributed by atoms with Gasteiger partial charge in [-0.3, -0.25) is 4.79 Å². The van der Waals surface area contributed by atoms with Gasteiger partial charge in [0.2, 0.25) is 0 Å². The molecule has 0 saturated carbocycles. The first-order chi connectivity index (χ1) is 11.3. The lowest BCUT2D eigenvalue weighted by atomic mass is 9.93. The molecule has 5 heteroatoms. The maximum atomic E-state index is 13.0. The van der Waals surface area contributed by atoms with Crippen LogP contribution in [0.25, 0.3) is 0 Å². The van der Waals surface area contributed by atoms with Gasteiger partial charge in [-0.25, -0.2) is 0 Å². The number of amides is 1. The van der Waals surface area contributed by atoms with Crippen LogP contribution in [0, 0.1) is 0 Å². The standard InChI is InChI=1S/C18H19NO3S/c20-18(15-12-21-9-10-22-15)19-8-6-16-14(7-11-23-16)17(19)13-4-2-1-3-5-13/h1-5,7,11,15,17H,6,8-10,12H2/t15-,17-/m1/s1. The van der Waals surface area contributed by atoms with E-state index in [9.17, 15) is 4.79 Å². The van der Waals surface area contributed by atoms with Crippen molar-refractivity contribution < 1.29 is 14.3 Å². The van der Waals surface area contributed by atoms with Crippen molar-refractivity contribution in [3.8, 4) is 0 Å². The van der Waals surface area contributed by atoms with Crippen LogP contribution >= 0.6 is 11.3 Å². The van der Waals surface area contributed by atoms with Crippen molar-refractivity contribution in [2.75, 3.05) is 26.4 Å². The van der Waals surface area contributed by atoms with Gasteiger partial charge in [-0.05, 0) is 29.0 Å². The Labute approximate surface area is 139 Å². The number of carbonyl (C=O) groups excluding carboxylic acids is 1. The Balaban J connectivity index is 1.69. The largest absolute Gasteiger partial charge is 0.376 e. The number of ether oxygens (including phenoxy) is 2. The third kappa shape index (κ3) is 2.80. The lowest BCUT2D eigenvalue weighted by Crippen LogP contribution is -2.49. The van der Waals surface area contributed by atoms with Gasteiger partial charge >= 0.3 is 0 Å². The highest BCUT2D eigenvalue weighted by molar-refractivity contribution is 7.10. The highest BCUT2D eigenvalue weighted by Gasteiger charge is 2.36. The van der Waals surface area contributed by atoms with Gasteiger partial charge in [0.05, 0.1) is 25.9 Å². The molecule has 1 aromatic heterocycles. The molecular weight excluding hydrogens is 310 g/mol. The molecule has 2 aromatic rings. The van der Waals surface area contributed by atoms with E-state index in [2.05, 4.69) is 23.6 Å². The fourth-order valence-corrected chi connectivity index (χ4v) is 4.27. The summed E-state index contributed by atoms with van der Waals surface area (Å²) in [6.07, 6.45) is 0.436. The predicted octanol–water partition coefficient (Wildman–Crippen LogP) is 2.64. The number of benzene rings is 1. The van der Waals surface area contributed by atoms with E-state index in [-0.39, 0.29) is 11.9 Å². The Kier molecular flexibility index (Phi) is 4.16. The molecule has 0 spiro atoms. The van der Waals surface area contributed by atoms with E-state index in [1.165, 1.54) is 10.4 Å². The summed E-state index contributed by atoms with van der Waals surface area (Å²) in [6.45, 7) is 2.14. The maximum Gasteiger partial charge on any atom is 0.254 e. The van der Waals surface area contributed by atoms with Gasteiger partial charge in [-0.1, -0.05) is 30.3 Å². The van der Waals surface area contributed by atoms with Gasteiger partial charge in [0.15, 0.2) is 6.10 Å². The fraction of sp³-hybridized carbons (Fsp3) is 0.389. The summed E-state index contributed by atoms with van der Waals surface area (Å²) in [5, 5.41) is 2.12. The molecule has 2 aliphatic heterocycles. The molecule has 23 heavy (non-hydrogen) atoms. The topological polar surface area (TPSA) is 38.8 Å². The molecule has 2 aliphatic rings. The second-order valence-corrected chi connectivity index (χ2v) is 6.83. The Hall–Kier alpha value is -1.69. The molecule has 120 valence electrons. The van der Waals surface area contributed by atoms with Crippen LogP contribution in [0.5, 0.6) is 0 Å². The van der Waals surface area contributed by atoms with Crippen molar-refractivity contribution in [1.29, 1.82) is 0 Å². The SMILES string of the molecule is O=C([C@H]1COCCO1)N1CCc2sccc2[C@H]1c1ccccc1. The van der Waals surface area contributed by atoms with E-state index >= 15 is 0 Å². The van der Waals surface area contributed by atoms with Crippen molar-refractivity contribution in [2.24, 2.45) is 0 Å². The summed E-state index contributed by atoms with van der Waals surface area (Å²) in [5.74, 6) is 0.0374. The Bertz CT molecular complexity index is 679. The van der Waals surface area contributed by atoms with Gasteiger partial charge in [-0.15, -0.1) is 11.3 Å². The van der Waals surface area contributed by atoms with Crippen molar-refractivity contribution >= 4 is 17.2 Å². The highest BCUT2D eigenvalue weighted by Crippen LogP contribution is 2.38. The third-order valence-corrected chi connectivity index (χ3v) is 5.45. The molecular formula is C18H19NO3S. The number of carbonyl (C=O) groups is 1. The molecule has 1 amide bonds. The van der Waals surface area contributed by atoms with E-state index in [4.69, 9.17) is 9.47 Å². The summed E-state index contributed by atoms with van der Waals surface area (Å²) < 4.78 is 11.1. The molecule has 1 aromatic carbocycles. The molecule has 1 saturated heterocycles. The zero-order chi connectivity index (χ0) is 15.6. The summed E-state index contributed by atoms with van der Waals surface area (Å²) in [4.78, 5) is 16.3. The molecule has 4 nitrogen and oxygen atoms in total. The van der Waals surface area contributed by atoms with E-state index in [0.717, 1.165) is 18.5 Å². The molecule has 1 fully saturated rings. The van der Waals surface area contributed by atoms with Crippen LogP contribution in [0.2, 0.25) is 0 Å². The van der Waals surface area contributed by atoms with Crippen LogP contribution in [0.3, 0.4) is 0 Å². The Morgan fingerprint density at radius 3 is 2.83 bits per heavy atom. The first kappa shape index (κ1) is 14.9. The van der Waals surface area contributed by atoms with Crippen LogP contribution in [0.1, 0.15) is 22.0 Å². The van der Waals surface area contributed by atoms with Crippen LogP contribution in [0.15, 0.2) is 41.8 Å². The Morgan fingerprint density at radius 1 is 1.17 bits per heavy atom. The molecule has 0 radical (unpaired) electrons. The van der Waals surface area contributed by atoms with Crippen LogP contribution in [-0.4, -0.2) is 43.3 Å². The average Bonchev–Trinajstić information content (AvgIpc) is 3.10. The van der Waals surface area contributed by atoms with E-state index in [0.29, 0.717) is 19.8 Å². The minimum Gasteiger partial charge on any atom is -0.376 e. The Morgan fingerprint density at radius 2 is 2.04 bits per heavy atom. The van der Waals surface area contributed by atoms with Crippen molar-refractivity contribution in [3.05, 3.63) is 57.8 Å². The van der Waals surface area contributed by atoms with Crippen LogP contribution in [-0.2, 0) is 20.7 Å². The molecule has 0 bridgehead atoms. The number of nitrogens with zero attached hydrogens (tertiary/aromatic N) is 1. The summed E-state index contributed by atoms with van der Waals surface area (Å²) in [5.41, 5.74) is 2.40. The minimum atomic E-state index is -0.477. The normalized spacial score (nSPS) is 24.3. The number of rotatable bonds is 2. The second-order valence-electron chi connectivity index (χ2n) is 5.83. The molecule has 4 rings (SSSR count). The van der Waals surface area contributed by atoms with Crippen molar-refractivity contribution in [1.82, 2.24) is 4.90 Å². The zero-order valence-corrected chi connectivity index (χ0v) is 13.6. The van der Waals surface area contributed by atoms with Gasteiger partial charge in [0.25, 0.3) is 5.91 Å². The quantitative estimate of drug-likeness (QED) is 0.850. The first-order valence-electron chi connectivity index (χ1n) is 7.95. The summed E-state index contributed by atoms with van der Waals surface area (Å²) in [7, 11) is 0. The number of fused-ring (bicyclic) bond motifs is 1. The molecule has 0 aliphatic carbocycles. The predicted molar refractivity (Wildman–Crippen MR) is 88.6 cm³/mol. The fourth-order valence-electron chi connectivity index (χ4n) is 3.36. The number of hydrogen-bond donors (Lipinski definition) is 0. The smallest absolute Gasteiger partial charge is 0.254 e. The van der Waals surface area contributed by atoms with E-state index in [1.54, 1.807) is 11.3 Å². The third-order valence-electron chi connectivity index (χ3n) is 4.46.